The second kappa shape index (κ2) is 13.6. The smallest absolute Gasteiger partial charge is 0.326 e. The normalized spacial score (nSPS) is 14.3. The molecule has 5 amide bonds. The fourth-order valence-electron chi connectivity index (χ4n) is 2.54. The number of amides is 5. The Morgan fingerprint density at radius 2 is 1.24 bits per heavy atom. The molecule has 15 nitrogen and oxygen atoms in total. The van der Waals surface area contributed by atoms with Crippen LogP contribution in [0.15, 0.2) is 0 Å². The lowest BCUT2D eigenvalue weighted by molar-refractivity contribution is -0.144. The molecular weight excluding hydrogens is 444 g/mol. The summed E-state index contributed by atoms with van der Waals surface area (Å²) in [7, 11) is 0. The minimum atomic E-state index is -1.71. The minimum absolute atomic E-state index is 0.166. The largest absolute Gasteiger partial charge is 0.481 e. The molecule has 0 saturated carbocycles. The monoisotopic (exact) mass is 474 g/mol. The van der Waals surface area contributed by atoms with Crippen LogP contribution in [-0.4, -0.2) is 75.9 Å². The lowest BCUT2D eigenvalue weighted by Crippen LogP contribution is -2.58. The molecule has 4 atom stereocenters. The van der Waals surface area contributed by atoms with Crippen molar-refractivity contribution in [2.45, 2.75) is 63.7 Å². The van der Waals surface area contributed by atoms with Crippen LogP contribution in [0.25, 0.3) is 0 Å². The van der Waals surface area contributed by atoms with Crippen LogP contribution in [0.4, 0.5) is 0 Å². The number of nitrogens with one attached hydrogen (secondary N) is 3. The molecule has 0 radical (unpaired) electrons. The molecule has 186 valence electrons. The van der Waals surface area contributed by atoms with E-state index < -0.39 is 84.4 Å². The second-order valence-corrected chi connectivity index (χ2v) is 7.57. The molecule has 0 spiro atoms. The standard InChI is InChI=1S/C18H30N6O9/c1-7(2)14(18(32)33)24-17(31)9(5-12(21)26)23-16(30)10(6-13(27)28)22-15(29)8(19)3-4-11(20)25/h7-10,14H,3-6,19H2,1-2H3,(H2,20,25)(H2,21,26)(H,22,29)(H,23,30)(H,24,31)(H,27,28)(H,32,33). The van der Waals surface area contributed by atoms with Crippen molar-refractivity contribution in [1.29, 1.82) is 0 Å². The van der Waals surface area contributed by atoms with Crippen molar-refractivity contribution in [3.8, 4) is 0 Å². The van der Waals surface area contributed by atoms with Gasteiger partial charge in [0.1, 0.15) is 18.1 Å². The quantitative estimate of drug-likeness (QED) is 0.114. The molecule has 11 N–H and O–H groups in total. The first-order valence-corrected chi connectivity index (χ1v) is 9.83. The van der Waals surface area contributed by atoms with Gasteiger partial charge in [-0.1, -0.05) is 13.8 Å². The molecule has 0 bridgehead atoms. The van der Waals surface area contributed by atoms with Crippen LogP contribution in [0.3, 0.4) is 0 Å². The van der Waals surface area contributed by atoms with Crippen LogP contribution >= 0.6 is 0 Å². The number of carbonyl (C=O) groups excluding carboxylic acids is 5. The second-order valence-electron chi connectivity index (χ2n) is 7.57. The van der Waals surface area contributed by atoms with E-state index in [-0.39, 0.29) is 12.8 Å². The van der Waals surface area contributed by atoms with Gasteiger partial charge in [0.15, 0.2) is 0 Å². The van der Waals surface area contributed by atoms with Crippen LogP contribution in [-0.2, 0) is 33.6 Å². The van der Waals surface area contributed by atoms with Gasteiger partial charge in [0.25, 0.3) is 0 Å². The Hall–Kier alpha value is -3.75. The summed E-state index contributed by atoms with van der Waals surface area (Å²) in [5.74, 6) is -8.30. The number of carboxylic acids is 2. The molecule has 0 saturated heterocycles. The Kier molecular flexibility index (Phi) is 12.1. The lowest BCUT2D eigenvalue weighted by Gasteiger charge is -2.25. The van der Waals surface area contributed by atoms with Crippen LogP contribution < -0.4 is 33.2 Å². The number of hydrogen-bond acceptors (Lipinski definition) is 8. The minimum Gasteiger partial charge on any atom is -0.481 e. The highest BCUT2D eigenvalue weighted by Gasteiger charge is 2.33. The first kappa shape index (κ1) is 29.2. The van der Waals surface area contributed by atoms with E-state index in [9.17, 15) is 38.7 Å². The molecule has 0 aromatic rings. The zero-order valence-electron chi connectivity index (χ0n) is 18.2. The van der Waals surface area contributed by atoms with Gasteiger partial charge >= 0.3 is 11.9 Å². The van der Waals surface area contributed by atoms with Gasteiger partial charge in [-0.05, 0) is 12.3 Å². The third-order valence-corrected chi connectivity index (χ3v) is 4.32. The van der Waals surface area contributed by atoms with E-state index >= 15 is 0 Å². The van der Waals surface area contributed by atoms with Crippen molar-refractivity contribution in [3.63, 3.8) is 0 Å². The van der Waals surface area contributed by atoms with Crippen LogP contribution in [0, 0.1) is 5.92 Å². The summed E-state index contributed by atoms with van der Waals surface area (Å²) in [6.07, 6.45) is -2.03. The van der Waals surface area contributed by atoms with E-state index in [1.54, 1.807) is 0 Å². The fraction of sp³-hybridized carbons (Fsp3) is 0.611. The molecule has 0 fully saturated rings. The number of carbonyl (C=O) groups is 7. The van der Waals surface area contributed by atoms with Crippen molar-refractivity contribution in [2.75, 3.05) is 0 Å². The van der Waals surface area contributed by atoms with Crippen LogP contribution in [0.5, 0.6) is 0 Å². The van der Waals surface area contributed by atoms with Gasteiger partial charge in [0.2, 0.25) is 29.5 Å². The van der Waals surface area contributed by atoms with Gasteiger partial charge in [-0.2, -0.15) is 0 Å². The molecule has 33 heavy (non-hydrogen) atoms. The van der Waals surface area contributed by atoms with Gasteiger partial charge < -0.3 is 43.4 Å². The predicted octanol–water partition coefficient (Wildman–Crippen LogP) is -3.88. The molecule has 0 aromatic carbocycles. The highest BCUT2D eigenvalue weighted by molar-refractivity contribution is 5.97. The van der Waals surface area contributed by atoms with Gasteiger partial charge in [-0.25, -0.2) is 4.79 Å². The van der Waals surface area contributed by atoms with Gasteiger partial charge in [-0.3, -0.25) is 28.8 Å². The zero-order chi connectivity index (χ0) is 25.9. The van der Waals surface area contributed by atoms with Gasteiger partial charge in [0.05, 0.1) is 18.9 Å². The van der Waals surface area contributed by atoms with Crippen LogP contribution in [0.1, 0.15) is 39.5 Å². The third kappa shape index (κ3) is 11.4. The van der Waals surface area contributed by atoms with Crippen LogP contribution in [0.2, 0.25) is 0 Å². The summed E-state index contributed by atoms with van der Waals surface area (Å²) in [6, 6.07) is -5.98. The average Bonchev–Trinajstić information content (AvgIpc) is 2.67. The first-order valence-electron chi connectivity index (χ1n) is 9.83. The van der Waals surface area contributed by atoms with Crippen molar-refractivity contribution >= 4 is 41.5 Å². The van der Waals surface area contributed by atoms with E-state index in [1.807, 2.05) is 0 Å². The fourth-order valence-corrected chi connectivity index (χ4v) is 2.54. The topological polar surface area (TPSA) is 274 Å². The Labute approximate surface area is 188 Å². The SMILES string of the molecule is CC(C)C(NC(=O)C(CC(N)=O)NC(=O)C(CC(=O)O)NC(=O)C(N)CCC(N)=O)C(=O)O. The molecular formula is C18H30N6O9. The molecule has 0 aliphatic rings. The molecule has 0 rings (SSSR count). The first-order chi connectivity index (χ1) is 15.1. The molecule has 0 heterocycles. The van der Waals surface area contributed by atoms with E-state index in [2.05, 4.69) is 16.0 Å². The summed E-state index contributed by atoms with van der Waals surface area (Å²) in [6.45, 7) is 3.03. The average molecular weight is 474 g/mol. The van der Waals surface area contributed by atoms with Gasteiger partial charge in [-0.15, -0.1) is 0 Å². The summed E-state index contributed by atoms with van der Waals surface area (Å²) in [4.78, 5) is 81.9. The molecule has 0 aliphatic carbocycles. The Balaban J connectivity index is 5.51. The van der Waals surface area contributed by atoms with Gasteiger partial charge in [0, 0.05) is 6.42 Å². The number of nitrogens with two attached hydrogens (primary N) is 3. The summed E-state index contributed by atoms with van der Waals surface area (Å²) in [5.41, 5.74) is 15.6. The Morgan fingerprint density at radius 1 is 0.758 bits per heavy atom. The number of carboxylic acid groups (broad SMARTS) is 2. The van der Waals surface area contributed by atoms with E-state index in [0.717, 1.165) is 0 Å². The molecule has 15 heteroatoms. The predicted molar refractivity (Wildman–Crippen MR) is 111 cm³/mol. The lowest BCUT2D eigenvalue weighted by atomic mass is 10.0. The maximum Gasteiger partial charge on any atom is 0.326 e. The summed E-state index contributed by atoms with van der Waals surface area (Å²) < 4.78 is 0. The molecule has 0 aromatic heterocycles. The zero-order valence-corrected chi connectivity index (χ0v) is 18.2. The highest BCUT2D eigenvalue weighted by Crippen LogP contribution is 2.05. The number of hydrogen-bond donors (Lipinski definition) is 8. The summed E-state index contributed by atoms with van der Waals surface area (Å²) in [5, 5.41) is 24.6. The Bertz CT molecular complexity index is 785. The van der Waals surface area contributed by atoms with E-state index in [0.29, 0.717) is 0 Å². The van der Waals surface area contributed by atoms with Crippen molar-refractivity contribution in [1.82, 2.24) is 16.0 Å². The van der Waals surface area contributed by atoms with Crippen molar-refractivity contribution < 1.29 is 43.8 Å². The van der Waals surface area contributed by atoms with Crippen molar-refractivity contribution in [2.24, 2.45) is 23.1 Å². The van der Waals surface area contributed by atoms with Crippen molar-refractivity contribution in [3.05, 3.63) is 0 Å². The number of rotatable bonds is 15. The van der Waals surface area contributed by atoms with E-state index in [1.165, 1.54) is 13.8 Å². The molecule has 4 unspecified atom stereocenters. The summed E-state index contributed by atoms with van der Waals surface area (Å²) >= 11 is 0. The maximum atomic E-state index is 12.6. The Morgan fingerprint density at radius 3 is 1.67 bits per heavy atom. The highest BCUT2D eigenvalue weighted by atomic mass is 16.4. The molecule has 0 aliphatic heterocycles. The third-order valence-electron chi connectivity index (χ3n) is 4.32. The number of aliphatic carboxylic acids is 2. The maximum absolute atomic E-state index is 12.6. The van der Waals surface area contributed by atoms with E-state index in [4.69, 9.17) is 22.3 Å². The number of primary amides is 2.